The highest BCUT2D eigenvalue weighted by molar-refractivity contribution is 6.08. The molecule has 2 atom stereocenters. The number of Topliss-reactive ketones (excluding diaryl/α,β-unsaturated/α-hetero) is 1. The van der Waals surface area contributed by atoms with Crippen LogP contribution >= 0.6 is 0 Å². The topological polar surface area (TPSA) is 35.5 Å². The summed E-state index contributed by atoms with van der Waals surface area (Å²) in [6, 6.07) is 5.80. The first-order valence-electron chi connectivity index (χ1n) is 7.98. The maximum Gasteiger partial charge on any atom is 0.174 e. The summed E-state index contributed by atoms with van der Waals surface area (Å²) in [5.74, 6) is 2.10. The maximum atomic E-state index is 13.2. The normalized spacial score (nSPS) is 28.0. The molecule has 0 fully saturated rings. The van der Waals surface area contributed by atoms with Gasteiger partial charge in [0, 0.05) is 5.56 Å². The molecule has 0 aliphatic heterocycles. The van der Waals surface area contributed by atoms with E-state index in [-0.39, 0.29) is 11.7 Å². The number of rotatable bonds is 2. The van der Waals surface area contributed by atoms with Crippen molar-refractivity contribution in [3.8, 4) is 5.75 Å². The fourth-order valence-electron chi connectivity index (χ4n) is 4.18. The van der Waals surface area contributed by atoms with Crippen molar-refractivity contribution < 1.29 is 14.3 Å². The lowest BCUT2D eigenvalue weighted by Crippen LogP contribution is -2.26. The third-order valence-electron chi connectivity index (χ3n) is 5.57. The first-order chi connectivity index (χ1) is 11.1. The Balaban J connectivity index is 1.78. The molecule has 0 radical (unpaired) electrons. The van der Waals surface area contributed by atoms with Crippen molar-refractivity contribution in [1.82, 2.24) is 0 Å². The summed E-state index contributed by atoms with van der Waals surface area (Å²) < 4.78 is 10.7. The van der Waals surface area contributed by atoms with Crippen LogP contribution in [0.3, 0.4) is 0 Å². The second-order valence-electron chi connectivity index (χ2n) is 6.58. The molecule has 3 aliphatic rings. The number of fused-ring (bicyclic) bond motifs is 2. The van der Waals surface area contributed by atoms with E-state index in [1.807, 2.05) is 18.2 Å². The van der Waals surface area contributed by atoms with E-state index in [4.69, 9.17) is 9.47 Å². The minimum Gasteiger partial charge on any atom is -0.497 e. The molecular formula is C20H20O3. The Labute approximate surface area is 136 Å². The third-order valence-corrected chi connectivity index (χ3v) is 5.57. The predicted molar refractivity (Wildman–Crippen MR) is 88.7 cm³/mol. The van der Waals surface area contributed by atoms with E-state index in [0.29, 0.717) is 0 Å². The van der Waals surface area contributed by atoms with Gasteiger partial charge in [0.2, 0.25) is 0 Å². The quantitative estimate of drug-likeness (QED) is 0.822. The van der Waals surface area contributed by atoms with E-state index in [0.717, 1.165) is 35.5 Å². The molecule has 118 valence electrons. The van der Waals surface area contributed by atoms with Crippen LogP contribution in [0.4, 0.5) is 0 Å². The first kappa shape index (κ1) is 14.3. The second-order valence-corrected chi connectivity index (χ2v) is 6.58. The number of benzene rings is 1. The minimum atomic E-state index is -0.438. The molecule has 3 heteroatoms. The number of carbonyl (C=O) groups is 1. The summed E-state index contributed by atoms with van der Waals surface area (Å²) >= 11 is 0. The number of ketones is 1. The van der Waals surface area contributed by atoms with Crippen LogP contribution in [-0.2, 0) is 4.74 Å². The van der Waals surface area contributed by atoms with Crippen LogP contribution in [-0.4, -0.2) is 20.0 Å². The van der Waals surface area contributed by atoms with E-state index in [1.165, 1.54) is 11.1 Å². The van der Waals surface area contributed by atoms with Gasteiger partial charge in [0.05, 0.1) is 19.6 Å². The zero-order valence-electron chi connectivity index (χ0n) is 13.7. The van der Waals surface area contributed by atoms with Crippen molar-refractivity contribution in [2.45, 2.75) is 25.7 Å². The molecule has 1 aromatic rings. The van der Waals surface area contributed by atoms with Gasteiger partial charge >= 0.3 is 0 Å². The first-order valence-corrected chi connectivity index (χ1v) is 7.98. The molecule has 0 aromatic heterocycles. The van der Waals surface area contributed by atoms with Crippen molar-refractivity contribution in [3.05, 3.63) is 64.5 Å². The fraction of sp³-hybridized carbons (Fsp3) is 0.350. The summed E-state index contributed by atoms with van der Waals surface area (Å²) in [6.45, 7) is 2.16. The lowest BCUT2D eigenvalue weighted by molar-refractivity contribution is 0.0861. The molecule has 2 unspecified atom stereocenters. The number of ether oxygens (including phenoxy) is 2. The van der Waals surface area contributed by atoms with Gasteiger partial charge in [-0.1, -0.05) is 13.0 Å². The Hall–Kier alpha value is -2.29. The van der Waals surface area contributed by atoms with Gasteiger partial charge in [0.1, 0.15) is 11.5 Å². The molecular weight excluding hydrogens is 288 g/mol. The van der Waals surface area contributed by atoms with Gasteiger partial charge in [0.25, 0.3) is 0 Å². The number of carbonyl (C=O) groups excluding carboxylic acids is 1. The average Bonchev–Trinajstić information content (AvgIpc) is 3.06. The molecule has 0 N–H and O–H groups in total. The Kier molecular flexibility index (Phi) is 3.02. The van der Waals surface area contributed by atoms with Crippen LogP contribution in [0.1, 0.15) is 41.6 Å². The Bertz CT molecular complexity index is 797. The van der Waals surface area contributed by atoms with E-state index in [2.05, 4.69) is 25.2 Å². The highest BCUT2D eigenvalue weighted by Crippen LogP contribution is 2.57. The molecule has 1 aromatic carbocycles. The lowest BCUT2D eigenvalue weighted by Gasteiger charge is -2.25. The number of methoxy groups -OCH3 is 2. The monoisotopic (exact) mass is 308 g/mol. The Morgan fingerprint density at radius 1 is 1.17 bits per heavy atom. The summed E-state index contributed by atoms with van der Waals surface area (Å²) in [5, 5.41) is 0. The standard InChI is InChI=1S/C20H20O3/c1-12-18-9-16(23-3)6-7-17(18)19(21)20(12)10-13-4-5-15(22-2)8-14(13)11-20/h5-10,12H,4,11H2,1-3H3. The minimum absolute atomic E-state index is 0.157. The zero-order valence-corrected chi connectivity index (χ0v) is 13.7. The highest BCUT2D eigenvalue weighted by Gasteiger charge is 2.52. The van der Waals surface area contributed by atoms with Crippen LogP contribution < -0.4 is 4.74 Å². The number of hydrogen-bond donors (Lipinski definition) is 0. The summed E-state index contributed by atoms with van der Waals surface area (Å²) in [4.78, 5) is 13.2. The van der Waals surface area contributed by atoms with E-state index in [1.54, 1.807) is 14.2 Å². The maximum absolute atomic E-state index is 13.2. The lowest BCUT2D eigenvalue weighted by atomic mass is 9.75. The van der Waals surface area contributed by atoms with E-state index < -0.39 is 5.41 Å². The van der Waals surface area contributed by atoms with Crippen LogP contribution in [0.5, 0.6) is 5.75 Å². The summed E-state index contributed by atoms with van der Waals surface area (Å²) in [6.07, 6.45) is 7.97. The molecule has 4 rings (SSSR count). The second kappa shape index (κ2) is 4.85. The van der Waals surface area contributed by atoms with Crippen molar-refractivity contribution in [3.63, 3.8) is 0 Å². The molecule has 0 bridgehead atoms. The van der Waals surface area contributed by atoms with Crippen molar-refractivity contribution >= 4 is 5.78 Å². The van der Waals surface area contributed by atoms with Crippen LogP contribution in [0.25, 0.3) is 0 Å². The van der Waals surface area contributed by atoms with Gasteiger partial charge < -0.3 is 9.47 Å². The SMILES string of the molecule is COC1=CCC2=CC3(CC2=C1)C(=O)c1ccc(OC)cc1C3C. The van der Waals surface area contributed by atoms with Crippen molar-refractivity contribution in [1.29, 1.82) is 0 Å². The van der Waals surface area contributed by atoms with Gasteiger partial charge in [-0.25, -0.2) is 0 Å². The van der Waals surface area contributed by atoms with E-state index in [9.17, 15) is 4.79 Å². The highest BCUT2D eigenvalue weighted by atomic mass is 16.5. The summed E-state index contributed by atoms with van der Waals surface area (Å²) in [7, 11) is 3.35. The van der Waals surface area contributed by atoms with Crippen LogP contribution in [0.2, 0.25) is 0 Å². The van der Waals surface area contributed by atoms with Gasteiger partial charge in [-0.15, -0.1) is 0 Å². The molecule has 0 amide bonds. The van der Waals surface area contributed by atoms with Crippen molar-refractivity contribution in [2.24, 2.45) is 5.41 Å². The van der Waals surface area contributed by atoms with Crippen LogP contribution in [0, 0.1) is 5.41 Å². The third kappa shape index (κ3) is 1.86. The largest absolute Gasteiger partial charge is 0.497 e. The Morgan fingerprint density at radius 2 is 2.00 bits per heavy atom. The zero-order chi connectivity index (χ0) is 16.2. The van der Waals surface area contributed by atoms with Gasteiger partial charge in [-0.2, -0.15) is 0 Å². The molecule has 3 aliphatic carbocycles. The fourth-order valence-corrected chi connectivity index (χ4v) is 4.18. The Morgan fingerprint density at radius 3 is 2.74 bits per heavy atom. The predicted octanol–water partition coefficient (Wildman–Crippen LogP) is 4.17. The van der Waals surface area contributed by atoms with Gasteiger partial charge in [-0.3, -0.25) is 4.79 Å². The van der Waals surface area contributed by atoms with Gasteiger partial charge in [-0.05, 0) is 65.8 Å². The van der Waals surface area contributed by atoms with Gasteiger partial charge in [0.15, 0.2) is 5.78 Å². The smallest absolute Gasteiger partial charge is 0.174 e. The molecule has 0 saturated carbocycles. The van der Waals surface area contributed by atoms with Crippen LogP contribution in [0.15, 0.2) is 53.3 Å². The average molecular weight is 308 g/mol. The number of allylic oxidation sites excluding steroid dienone is 5. The van der Waals surface area contributed by atoms with E-state index >= 15 is 0 Å². The molecule has 3 nitrogen and oxygen atoms in total. The number of hydrogen-bond acceptors (Lipinski definition) is 3. The molecule has 0 saturated heterocycles. The molecule has 1 spiro atoms. The molecule has 23 heavy (non-hydrogen) atoms. The summed E-state index contributed by atoms with van der Waals surface area (Å²) in [5.41, 5.74) is 4.02. The van der Waals surface area contributed by atoms with Crippen molar-refractivity contribution in [2.75, 3.05) is 14.2 Å². The molecule has 0 heterocycles.